The number of rotatable bonds is 5. The standard InChI is InChI=1S/C24H19N5O4/c1-2-13-3-6-16(7-4-13)29-12-18(23(32)33)21(31)17-11-25-24(28-22(17)29)26-15-5-8-19-14(9-15)10-20(30)27-19/h3-9,11-12H,2,10H2,1H3,(H,27,30)(H,32,33)(H,25,26,28). The molecule has 33 heavy (non-hydrogen) atoms. The normalized spacial score (nSPS) is 12.5. The summed E-state index contributed by atoms with van der Waals surface area (Å²) >= 11 is 0. The summed E-state index contributed by atoms with van der Waals surface area (Å²) in [6.45, 7) is 2.04. The third-order valence-corrected chi connectivity index (χ3v) is 5.58. The van der Waals surface area contributed by atoms with Crippen molar-refractivity contribution in [1.82, 2.24) is 14.5 Å². The molecule has 164 valence electrons. The molecule has 0 fully saturated rings. The van der Waals surface area contributed by atoms with E-state index in [9.17, 15) is 19.5 Å². The van der Waals surface area contributed by atoms with E-state index < -0.39 is 11.4 Å². The molecule has 0 unspecified atom stereocenters. The maximum atomic E-state index is 12.7. The van der Waals surface area contributed by atoms with Crippen LogP contribution < -0.4 is 16.1 Å². The summed E-state index contributed by atoms with van der Waals surface area (Å²) in [6.07, 6.45) is 3.78. The van der Waals surface area contributed by atoms with E-state index in [1.165, 1.54) is 12.4 Å². The summed E-state index contributed by atoms with van der Waals surface area (Å²) in [7, 11) is 0. The van der Waals surface area contributed by atoms with E-state index in [4.69, 9.17) is 0 Å². The number of carbonyl (C=O) groups excluding carboxylic acids is 1. The minimum atomic E-state index is -1.32. The number of hydrogen-bond acceptors (Lipinski definition) is 6. The van der Waals surface area contributed by atoms with Gasteiger partial charge in [0.2, 0.25) is 17.3 Å². The molecule has 1 amide bonds. The molecule has 4 aromatic rings. The minimum absolute atomic E-state index is 0.0588. The van der Waals surface area contributed by atoms with Crippen LogP contribution >= 0.6 is 0 Å². The maximum Gasteiger partial charge on any atom is 0.341 e. The first-order chi connectivity index (χ1) is 15.9. The summed E-state index contributed by atoms with van der Waals surface area (Å²) in [5, 5.41) is 15.5. The van der Waals surface area contributed by atoms with Crippen molar-refractivity contribution in [3.8, 4) is 5.69 Å². The Kier molecular flexibility index (Phi) is 4.86. The number of nitrogens with one attached hydrogen (secondary N) is 2. The summed E-state index contributed by atoms with van der Waals surface area (Å²) in [5.41, 5.74) is 3.41. The highest BCUT2D eigenvalue weighted by molar-refractivity contribution is 5.99. The van der Waals surface area contributed by atoms with Crippen molar-refractivity contribution in [3.05, 3.63) is 81.8 Å². The Labute approximate surface area is 187 Å². The van der Waals surface area contributed by atoms with E-state index in [1.807, 2.05) is 37.3 Å². The lowest BCUT2D eigenvalue weighted by Crippen LogP contribution is -2.19. The Balaban J connectivity index is 1.62. The molecular formula is C24H19N5O4. The highest BCUT2D eigenvalue weighted by Crippen LogP contribution is 2.27. The van der Waals surface area contributed by atoms with Gasteiger partial charge in [0.15, 0.2) is 5.65 Å². The van der Waals surface area contributed by atoms with Crippen LogP contribution in [0.1, 0.15) is 28.4 Å². The highest BCUT2D eigenvalue weighted by Gasteiger charge is 2.19. The lowest BCUT2D eigenvalue weighted by molar-refractivity contribution is -0.115. The zero-order chi connectivity index (χ0) is 23.1. The van der Waals surface area contributed by atoms with Crippen LogP contribution in [0.15, 0.2) is 59.7 Å². The van der Waals surface area contributed by atoms with Crippen molar-refractivity contribution >= 4 is 40.2 Å². The number of carboxylic acid groups (broad SMARTS) is 1. The minimum Gasteiger partial charge on any atom is -0.477 e. The van der Waals surface area contributed by atoms with E-state index >= 15 is 0 Å². The number of fused-ring (bicyclic) bond motifs is 2. The fourth-order valence-electron chi connectivity index (χ4n) is 3.85. The largest absolute Gasteiger partial charge is 0.477 e. The fourth-order valence-corrected chi connectivity index (χ4v) is 3.85. The lowest BCUT2D eigenvalue weighted by atomic mass is 10.1. The number of carbonyl (C=O) groups is 2. The molecule has 3 N–H and O–H groups in total. The molecule has 1 aliphatic rings. The molecule has 3 heterocycles. The first-order valence-electron chi connectivity index (χ1n) is 10.4. The van der Waals surface area contributed by atoms with Gasteiger partial charge in [0.05, 0.1) is 11.8 Å². The van der Waals surface area contributed by atoms with Gasteiger partial charge in [-0.1, -0.05) is 19.1 Å². The number of aromatic carboxylic acids is 1. The van der Waals surface area contributed by atoms with Crippen LogP contribution in [-0.4, -0.2) is 31.5 Å². The van der Waals surface area contributed by atoms with Gasteiger partial charge in [-0.2, -0.15) is 4.98 Å². The number of amides is 1. The van der Waals surface area contributed by atoms with E-state index in [0.717, 1.165) is 23.2 Å². The molecule has 0 saturated carbocycles. The van der Waals surface area contributed by atoms with Crippen molar-refractivity contribution in [3.63, 3.8) is 0 Å². The molecule has 0 radical (unpaired) electrons. The Hall–Kier alpha value is -4.53. The van der Waals surface area contributed by atoms with Crippen LogP contribution in [0.5, 0.6) is 0 Å². The Bertz CT molecular complexity index is 1490. The van der Waals surface area contributed by atoms with Crippen molar-refractivity contribution in [1.29, 1.82) is 0 Å². The van der Waals surface area contributed by atoms with Crippen LogP contribution in [0.2, 0.25) is 0 Å². The average Bonchev–Trinajstić information content (AvgIpc) is 3.18. The molecule has 0 aliphatic carbocycles. The predicted octanol–water partition coefficient (Wildman–Crippen LogP) is 3.28. The average molecular weight is 441 g/mol. The van der Waals surface area contributed by atoms with Crippen LogP contribution in [0.25, 0.3) is 16.7 Å². The predicted molar refractivity (Wildman–Crippen MR) is 124 cm³/mol. The lowest BCUT2D eigenvalue weighted by Gasteiger charge is -2.13. The van der Waals surface area contributed by atoms with Crippen LogP contribution in [0.4, 0.5) is 17.3 Å². The van der Waals surface area contributed by atoms with Gasteiger partial charge in [-0.25, -0.2) is 9.78 Å². The first kappa shape index (κ1) is 20.4. The molecule has 9 heteroatoms. The summed E-state index contributed by atoms with van der Waals surface area (Å²) < 4.78 is 1.58. The highest BCUT2D eigenvalue weighted by atomic mass is 16.4. The van der Waals surface area contributed by atoms with E-state index in [-0.39, 0.29) is 28.5 Å². The van der Waals surface area contributed by atoms with Crippen LogP contribution in [0, 0.1) is 0 Å². The maximum absolute atomic E-state index is 12.7. The van der Waals surface area contributed by atoms with Gasteiger partial charge in [0.25, 0.3) is 0 Å². The van der Waals surface area contributed by atoms with Gasteiger partial charge in [0, 0.05) is 29.5 Å². The number of nitrogens with zero attached hydrogens (tertiary/aromatic N) is 3. The van der Waals surface area contributed by atoms with Gasteiger partial charge in [-0.05, 0) is 47.9 Å². The Morgan fingerprint density at radius 3 is 2.70 bits per heavy atom. The molecular weight excluding hydrogens is 422 g/mol. The first-order valence-corrected chi connectivity index (χ1v) is 10.4. The number of aryl methyl sites for hydroxylation is 1. The monoisotopic (exact) mass is 441 g/mol. The second-order valence-electron chi connectivity index (χ2n) is 7.72. The SMILES string of the molecule is CCc1ccc(-n2cc(C(=O)O)c(=O)c3cnc(Nc4ccc5c(c4)CC(=O)N5)nc32)cc1. The van der Waals surface area contributed by atoms with Gasteiger partial charge in [-0.3, -0.25) is 9.59 Å². The van der Waals surface area contributed by atoms with Gasteiger partial charge in [-0.15, -0.1) is 0 Å². The Morgan fingerprint density at radius 1 is 1.18 bits per heavy atom. The van der Waals surface area contributed by atoms with Gasteiger partial charge in [0.1, 0.15) is 5.56 Å². The van der Waals surface area contributed by atoms with Crippen molar-refractivity contribution in [2.24, 2.45) is 0 Å². The number of benzene rings is 2. The number of anilines is 3. The Morgan fingerprint density at radius 2 is 1.97 bits per heavy atom. The van der Waals surface area contributed by atoms with Crippen molar-refractivity contribution < 1.29 is 14.7 Å². The van der Waals surface area contributed by atoms with Crippen LogP contribution in [0.3, 0.4) is 0 Å². The summed E-state index contributed by atoms with van der Waals surface area (Å²) in [4.78, 5) is 44.8. The number of aromatic nitrogens is 3. The van der Waals surface area contributed by atoms with Crippen LogP contribution in [-0.2, 0) is 17.6 Å². The van der Waals surface area contributed by atoms with Gasteiger partial charge < -0.3 is 20.3 Å². The quantitative estimate of drug-likeness (QED) is 0.434. The number of pyridine rings is 1. The van der Waals surface area contributed by atoms with Crippen molar-refractivity contribution in [2.75, 3.05) is 10.6 Å². The second-order valence-corrected chi connectivity index (χ2v) is 7.72. The summed E-state index contributed by atoms with van der Waals surface area (Å²) in [5.74, 6) is -1.14. The molecule has 2 aromatic carbocycles. The second kappa shape index (κ2) is 7.86. The molecule has 2 aromatic heterocycles. The van der Waals surface area contributed by atoms with Crippen molar-refractivity contribution in [2.45, 2.75) is 19.8 Å². The third-order valence-electron chi connectivity index (χ3n) is 5.58. The summed E-state index contributed by atoms with van der Waals surface area (Å²) in [6, 6.07) is 13.0. The van der Waals surface area contributed by atoms with E-state index in [1.54, 1.807) is 16.7 Å². The van der Waals surface area contributed by atoms with E-state index in [0.29, 0.717) is 17.8 Å². The zero-order valence-corrected chi connectivity index (χ0v) is 17.6. The molecule has 9 nitrogen and oxygen atoms in total. The number of carboxylic acids is 1. The molecule has 5 rings (SSSR count). The smallest absolute Gasteiger partial charge is 0.341 e. The van der Waals surface area contributed by atoms with Gasteiger partial charge >= 0.3 is 5.97 Å². The zero-order valence-electron chi connectivity index (χ0n) is 17.6. The van der Waals surface area contributed by atoms with E-state index in [2.05, 4.69) is 20.6 Å². The molecule has 0 spiro atoms. The topological polar surface area (TPSA) is 126 Å². The fraction of sp³-hybridized carbons (Fsp3) is 0.125. The number of hydrogen-bond donors (Lipinski definition) is 3. The molecule has 0 saturated heterocycles. The molecule has 0 atom stereocenters. The molecule has 0 bridgehead atoms. The molecule has 1 aliphatic heterocycles. The third kappa shape index (κ3) is 3.69.